The van der Waals surface area contributed by atoms with Crippen molar-refractivity contribution in [3.8, 4) is 0 Å². The van der Waals surface area contributed by atoms with Gasteiger partial charge in [-0.15, -0.1) is 0 Å². The molecule has 7 heteroatoms. The van der Waals surface area contributed by atoms with Gasteiger partial charge in [-0.05, 0) is 0 Å². The first-order chi connectivity index (χ1) is 4.24. The van der Waals surface area contributed by atoms with Gasteiger partial charge in [0, 0.05) is 9.90 Å². The number of hydrogen-bond donors (Lipinski definition) is 3. The second-order valence-corrected chi connectivity index (χ2v) is 0.306. The van der Waals surface area contributed by atoms with Crippen LogP contribution >= 0.6 is 9.90 Å². The molecule has 0 bridgehead atoms. The quantitative estimate of drug-likeness (QED) is 0.272. The predicted octanol–water partition coefficient (Wildman–Crippen LogP) is 0.564. The SMILES string of the molecule is N=C=O.N=C=O.N=C=O.[P]. The largest absolute Gasteiger partial charge is 0.231 e. The van der Waals surface area contributed by atoms with Gasteiger partial charge in [-0.3, -0.25) is 0 Å². The Labute approximate surface area is 59.8 Å². The molecule has 0 unspecified atom stereocenters. The van der Waals surface area contributed by atoms with E-state index in [1.165, 1.54) is 0 Å². The molecular formula is C3H3N3O3P. The van der Waals surface area contributed by atoms with Crippen LogP contribution in [0.25, 0.3) is 0 Å². The molecule has 0 atom stereocenters. The molecule has 0 heterocycles. The minimum atomic E-state index is 0. The van der Waals surface area contributed by atoms with E-state index in [4.69, 9.17) is 30.6 Å². The molecule has 0 rings (SSSR count). The highest BCUT2D eigenvalue weighted by atomic mass is 31.0. The zero-order chi connectivity index (χ0) is 8.12. The monoisotopic (exact) mass is 160 g/mol. The summed E-state index contributed by atoms with van der Waals surface area (Å²) < 4.78 is 0. The summed E-state index contributed by atoms with van der Waals surface area (Å²) in [6, 6.07) is 0. The molecule has 0 aromatic carbocycles. The molecule has 0 aromatic heterocycles. The third kappa shape index (κ3) is 99.7. The second-order valence-electron chi connectivity index (χ2n) is 0.306. The summed E-state index contributed by atoms with van der Waals surface area (Å²) >= 11 is 0. The van der Waals surface area contributed by atoms with Gasteiger partial charge >= 0.3 is 0 Å². The van der Waals surface area contributed by atoms with Crippen LogP contribution in [-0.2, 0) is 14.4 Å². The van der Waals surface area contributed by atoms with Crippen LogP contribution in [0.4, 0.5) is 0 Å². The van der Waals surface area contributed by atoms with Crippen LogP contribution in [-0.4, -0.2) is 18.2 Å². The molecule has 10 heavy (non-hydrogen) atoms. The van der Waals surface area contributed by atoms with Crippen molar-refractivity contribution in [2.24, 2.45) is 0 Å². The third-order valence-electron chi connectivity index (χ3n) is 0. The smallest absolute Gasteiger partial charge is 0.222 e. The van der Waals surface area contributed by atoms with Gasteiger partial charge in [0.1, 0.15) is 0 Å². The maximum atomic E-state index is 8.35. The Morgan fingerprint density at radius 3 is 0.700 bits per heavy atom. The van der Waals surface area contributed by atoms with Crippen molar-refractivity contribution in [2.75, 3.05) is 0 Å². The zero-order valence-corrected chi connectivity index (χ0v) is 5.57. The van der Waals surface area contributed by atoms with E-state index in [0.717, 1.165) is 18.2 Å². The average molecular weight is 160 g/mol. The lowest BCUT2D eigenvalue weighted by Gasteiger charge is -1.02. The van der Waals surface area contributed by atoms with Crippen molar-refractivity contribution in [1.82, 2.24) is 0 Å². The molecule has 0 aliphatic heterocycles. The molecule has 0 aliphatic rings. The number of nitrogens with one attached hydrogen (secondary N) is 3. The van der Waals surface area contributed by atoms with Crippen LogP contribution in [0.5, 0.6) is 0 Å². The first-order valence-electron chi connectivity index (χ1n) is 1.36. The van der Waals surface area contributed by atoms with Crippen LogP contribution in [0.15, 0.2) is 0 Å². The van der Waals surface area contributed by atoms with Crippen molar-refractivity contribution < 1.29 is 14.4 Å². The lowest BCUT2D eigenvalue weighted by Crippen LogP contribution is -1.16. The van der Waals surface area contributed by atoms with Crippen molar-refractivity contribution in [1.29, 1.82) is 16.2 Å². The maximum absolute atomic E-state index is 8.35. The van der Waals surface area contributed by atoms with Gasteiger partial charge in [-0.2, -0.15) is 0 Å². The molecule has 0 spiro atoms. The molecule has 3 radical (unpaired) electrons. The minimum absolute atomic E-state index is 0. The summed E-state index contributed by atoms with van der Waals surface area (Å²) in [5.41, 5.74) is 0. The van der Waals surface area contributed by atoms with Crippen molar-refractivity contribution in [3.05, 3.63) is 0 Å². The van der Waals surface area contributed by atoms with Gasteiger partial charge < -0.3 is 0 Å². The molecule has 3 N–H and O–H groups in total. The highest BCUT2D eigenvalue weighted by Gasteiger charge is 1.04. The Hall–Kier alpha value is -1.43. The van der Waals surface area contributed by atoms with Gasteiger partial charge in [-0.25, -0.2) is 30.6 Å². The summed E-state index contributed by atoms with van der Waals surface area (Å²) in [5.74, 6) is 0. The maximum Gasteiger partial charge on any atom is 0.231 e. The first-order valence-corrected chi connectivity index (χ1v) is 1.36. The Morgan fingerprint density at radius 1 is 0.700 bits per heavy atom. The Balaban J connectivity index is -0.0000000257. The van der Waals surface area contributed by atoms with Crippen LogP contribution in [0.3, 0.4) is 0 Å². The van der Waals surface area contributed by atoms with Gasteiger partial charge in [0.25, 0.3) is 0 Å². The highest BCUT2D eigenvalue weighted by molar-refractivity contribution is 6.92. The average Bonchev–Trinajstić information content (AvgIpc) is 1.70. The Bertz CT molecular complexity index is 111. The van der Waals surface area contributed by atoms with E-state index in [-0.39, 0.29) is 9.90 Å². The van der Waals surface area contributed by atoms with E-state index in [2.05, 4.69) is 0 Å². The number of carbonyl (C=O) groups excluding carboxylic acids is 3. The second kappa shape index (κ2) is 133. The van der Waals surface area contributed by atoms with E-state index in [1.807, 2.05) is 0 Å². The van der Waals surface area contributed by atoms with Crippen molar-refractivity contribution in [2.45, 2.75) is 0 Å². The van der Waals surface area contributed by atoms with Gasteiger partial charge in [0.05, 0.1) is 0 Å². The van der Waals surface area contributed by atoms with Crippen LogP contribution in [0.2, 0.25) is 0 Å². The molecule has 0 aliphatic carbocycles. The van der Waals surface area contributed by atoms with E-state index in [1.54, 1.807) is 0 Å². The lowest BCUT2D eigenvalue weighted by molar-refractivity contribution is 0.562. The fraction of sp³-hybridized carbons (Fsp3) is 0. The van der Waals surface area contributed by atoms with Crippen LogP contribution in [0, 0.1) is 16.2 Å². The Morgan fingerprint density at radius 2 is 0.700 bits per heavy atom. The summed E-state index contributed by atoms with van der Waals surface area (Å²) in [7, 11) is 0. The summed E-state index contributed by atoms with van der Waals surface area (Å²) in [6.07, 6.45) is 2.25. The van der Waals surface area contributed by atoms with Crippen molar-refractivity contribution >= 4 is 28.1 Å². The van der Waals surface area contributed by atoms with Crippen LogP contribution < -0.4 is 0 Å². The molecular weight excluding hydrogens is 157 g/mol. The fourth-order valence-corrected chi connectivity index (χ4v) is 0. The third-order valence-corrected chi connectivity index (χ3v) is 0. The highest BCUT2D eigenvalue weighted by Crippen LogP contribution is 0.874. The molecule has 53 valence electrons. The number of isocyanates is 3. The minimum Gasteiger partial charge on any atom is -0.222 e. The van der Waals surface area contributed by atoms with Crippen LogP contribution in [0.1, 0.15) is 0 Å². The number of hydrogen-bond acceptors (Lipinski definition) is 6. The molecule has 0 saturated carbocycles. The standard InChI is InChI=1S/3CHNO.P/c3*2-1-3;/h3*2H;. The van der Waals surface area contributed by atoms with E-state index in [0.29, 0.717) is 0 Å². The normalized spacial score (nSPS) is 2.40. The zero-order valence-electron chi connectivity index (χ0n) is 4.67. The van der Waals surface area contributed by atoms with Gasteiger partial charge in [0.2, 0.25) is 18.2 Å². The molecule has 0 aromatic rings. The topological polar surface area (TPSA) is 123 Å². The summed E-state index contributed by atoms with van der Waals surface area (Å²) in [5, 5.41) is 16.2. The Kier molecular flexibility index (Phi) is 312. The molecule has 0 fully saturated rings. The first kappa shape index (κ1) is 23.5. The van der Waals surface area contributed by atoms with E-state index in [9.17, 15) is 0 Å². The predicted molar refractivity (Wildman–Crippen MR) is 32.2 cm³/mol. The molecule has 0 amide bonds. The van der Waals surface area contributed by atoms with E-state index >= 15 is 0 Å². The van der Waals surface area contributed by atoms with Gasteiger partial charge in [-0.1, -0.05) is 0 Å². The lowest BCUT2D eigenvalue weighted by atomic mass is 11.7. The number of rotatable bonds is 0. The molecule has 0 saturated heterocycles. The van der Waals surface area contributed by atoms with Crippen molar-refractivity contribution in [3.63, 3.8) is 0 Å². The van der Waals surface area contributed by atoms with Gasteiger partial charge in [0.15, 0.2) is 0 Å². The summed E-state index contributed by atoms with van der Waals surface area (Å²) in [6.45, 7) is 0. The molecule has 6 nitrogen and oxygen atoms in total. The van der Waals surface area contributed by atoms with E-state index < -0.39 is 0 Å². The summed E-state index contributed by atoms with van der Waals surface area (Å²) in [4.78, 5) is 25.0. The fourth-order valence-electron chi connectivity index (χ4n) is 0.